The predicted molar refractivity (Wildman–Crippen MR) is 94.9 cm³/mol. The molecule has 4 aromatic rings. The lowest BCUT2D eigenvalue weighted by molar-refractivity contribution is -0.00113. The van der Waals surface area contributed by atoms with Gasteiger partial charge in [0.05, 0.1) is 18.8 Å². The molecule has 0 amide bonds. The topological polar surface area (TPSA) is 66.0 Å². The molecule has 0 bridgehead atoms. The lowest BCUT2D eigenvalue weighted by atomic mass is 10.1. The summed E-state index contributed by atoms with van der Waals surface area (Å²) in [4.78, 5) is 4.38. The second-order valence-corrected chi connectivity index (χ2v) is 6.34. The highest BCUT2D eigenvalue weighted by atomic mass is 19.1. The zero-order valence-electron chi connectivity index (χ0n) is 14.2. The van der Waals surface area contributed by atoms with E-state index in [9.17, 15) is 4.39 Å². The molecule has 0 saturated carbocycles. The number of benzene rings is 2. The van der Waals surface area contributed by atoms with Gasteiger partial charge in [0.2, 0.25) is 5.82 Å². The third-order valence-corrected chi connectivity index (χ3v) is 4.55. The Kier molecular flexibility index (Phi) is 3.79. The minimum absolute atomic E-state index is 0.0380. The largest absolute Gasteiger partial charge is 0.365 e. The van der Waals surface area contributed by atoms with Crippen LogP contribution in [0.5, 0.6) is 0 Å². The molecule has 0 fully saturated rings. The number of hydrogen-bond acceptors (Lipinski definition) is 5. The highest BCUT2D eigenvalue weighted by Gasteiger charge is 2.24. The van der Waals surface area contributed by atoms with Gasteiger partial charge in [-0.2, -0.15) is 10.1 Å². The molecular formula is C20H15FN4O2. The summed E-state index contributed by atoms with van der Waals surface area (Å²) in [5.41, 5.74) is 3.36. The third-order valence-electron chi connectivity index (χ3n) is 4.55. The first-order chi connectivity index (χ1) is 13.3. The molecule has 27 heavy (non-hydrogen) atoms. The molecule has 3 heterocycles. The number of halogens is 1. The first kappa shape index (κ1) is 15.9. The Hall–Kier alpha value is -3.32. The molecule has 134 valence electrons. The van der Waals surface area contributed by atoms with Crippen LogP contribution >= 0.6 is 0 Å². The molecule has 2 aromatic carbocycles. The van der Waals surface area contributed by atoms with Crippen LogP contribution in [0.1, 0.15) is 17.4 Å². The van der Waals surface area contributed by atoms with Gasteiger partial charge in [-0.15, -0.1) is 0 Å². The third kappa shape index (κ3) is 3.02. The quantitative estimate of drug-likeness (QED) is 0.551. The molecule has 0 saturated heterocycles. The molecule has 0 N–H and O–H groups in total. The molecule has 5 rings (SSSR count). The molecule has 0 aliphatic carbocycles. The number of rotatable bonds is 3. The van der Waals surface area contributed by atoms with Crippen LogP contribution in [0.4, 0.5) is 4.39 Å². The Morgan fingerprint density at radius 2 is 1.85 bits per heavy atom. The van der Waals surface area contributed by atoms with Crippen LogP contribution in [0.3, 0.4) is 0 Å². The molecule has 1 aliphatic heterocycles. The smallest absolute Gasteiger partial charge is 0.278 e. The van der Waals surface area contributed by atoms with E-state index in [-0.39, 0.29) is 11.9 Å². The second kappa shape index (κ2) is 6.44. The first-order valence-corrected chi connectivity index (χ1v) is 8.59. The van der Waals surface area contributed by atoms with Crippen LogP contribution in [0, 0.1) is 5.82 Å². The Bertz CT molecular complexity index is 1070. The van der Waals surface area contributed by atoms with E-state index in [0.29, 0.717) is 36.1 Å². The van der Waals surface area contributed by atoms with Gasteiger partial charge in [0.25, 0.3) is 5.89 Å². The second-order valence-electron chi connectivity index (χ2n) is 6.34. The van der Waals surface area contributed by atoms with Crippen molar-refractivity contribution in [1.82, 2.24) is 19.9 Å². The molecule has 1 aliphatic rings. The van der Waals surface area contributed by atoms with E-state index in [0.717, 1.165) is 11.3 Å². The van der Waals surface area contributed by atoms with Gasteiger partial charge in [0, 0.05) is 5.56 Å². The van der Waals surface area contributed by atoms with E-state index in [1.54, 1.807) is 12.1 Å². The van der Waals surface area contributed by atoms with Crippen molar-refractivity contribution in [3.8, 4) is 23.0 Å². The Balaban J connectivity index is 1.40. The summed E-state index contributed by atoms with van der Waals surface area (Å²) >= 11 is 0. The van der Waals surface area contributed by atoms with Gasteiger partial charge in [-0.3, -0.25) is 4.68 Å². The van der Waals surface area contributed by atoms with Gasteiger partial charge in [-0.1, -0.05) is 35.5 Å². The molecule has 0 spiro atoms. The first-order valence-electron chi connectivity index (χ1n) is 8.59. The van der Waals surface area contributed by atoms with E-state index in [1.807, 2.05) is 41.1 Å². The van der Waals surface area contributed by atoms with Crippen LogP contribution in [-0.2, 0) is 17.9 Å². The van der Waals surface area contributed by atoms with Gasteiger partial charge in [0.1, 0.15) is 11.9 Å². The molecule has 6 nitrogen and oxygen atoms in total. The lowest BCUT2D eigenvalue weighted by Crippen LogP contribution is -2.21. The van der Waals surface area contributed by atoms with Crippen molar-refractivity contribution < 1.29 is 13.7 Å². The van der Waals surface area contributed by atoms with E-state index in [2.05, 4.69) is 15.2 Å². The van der Waals surface area contributed by atoms with Crippen molar-refractivity contribution in [2.24, 2.45) is 0 Å². The minimum atomic E-state index is -0.308. The van der Waals surface area contributed by atoms with Crippen LogP contribution in [0.15, 0.2) is 65.2 Å². The molecule has 2 aromatic heterocycles. The van der Waals surface area contributed by atoms with Gasteiger partial charge < -0.3 is 9.26 Å². The molecular weight excluding hydrogens is 347 g/mol. The van der Waals surface area contributed by atoms with Crippen molar-refractivity contribution in [2.45, 2.75) is 19.3 Å². The molecule has 1 atom stereocenters. The van der Waals surface area contributed by atoms with Crippen LogP contribution in [0.2, 0.25) is 0 Å². The zero-order chi connectivity index (χ0) is 18.2. The van der Waals surface area contributed by atoms with Gasteiger partial charge in [-0.05, 0) is 35.9 Å². The Morgan fingerprint density at radius 1 is 1.04 bits per heavy atom. The van der Waals surface area contributed by atoms with Crippen LogP contribution in [0.25, 0.3) is 23.0 Å². The predicted octanol–water partition coefficient (Wildman–Crippen LogP) is 4.01. The monoisotopic (exact) mass is 362 g/mol. The average Bonchev–Trinajstić information content (AvgIpc) is 3.36. The van der Waals surface area contributed by atoms with Crippen molar-refractivity contribution >= 4 is 0 Å². The fraction of sp³-hybridized carbons (Fsp3) is 0.150. The summed E-state index contributed by atoms with van der Waals surface area (Å²) in [5.74, 6) is 0.416. The van der Waals surface area contributed by atoms with Crippen LogP contribution < -0.4 is 0 Å². The van der Waals surface area contributed by atoms with E-state index in [4.69, 9.17) is 9.26 Å². The van der Waals surface area contributed by atoms with Crippen LogP contribution in [-0.4, -0.2) is 19.9 Å². The van der Waals surface area contributed by atoms with E-state index >= 15 is 0 Å². The highest BCUT2D eigenvalue weighted by Crippen LogP contribution is 2.29. The highest BCUT2D eigenvalue weighted by molar-refractivity contribution is 5.57. The van der Waals surface area contributed by atoms with Crippen molar-refractivity contribution in [2.75, 3.05) is 0 Å². The fourth-order valence-electron chi connectivity index (χ4n) is 3.14. The standard InChI is InChI=1S/C20H15FN4O2/c21-15-8-6-14(7-9-15)19-22-20(27-24-19)17-10-16-12-26-18(11-25(16)23-17)13-4-2-1-3-5-13/h1-10,18H,11-12H2. The lowest BCUT2D eigenvalue weighted by Gasteiger charge is -2.24. The van der Waals surface area contributed by atoms with E-state index < -0.39 is 0 Å². The van der Waals surface area contributed by atoms with Crippen molar-refractivity contribution in [3.05, 3.63) is 77.7 Å². The summed E-state index contributed by atoms with van der Waals surface area (Å²) in [6.45, 7) is 1.09. The van der Waals surface area contributed by atoms with Gasteiger partial charge in [0.15, 0.2) is 5.69 Å². The molecule has 7 heteroatoms. The summed E-state index contributed by atoms with van der Waals surface area (Å²) < 4.78 is 26.3. The maximum atomic E-state index is 13.1. The average molecular weight is 362 g/mol. The van der Waals surface area contributed by atoms with Crippen molar-refractivity contribution in [3.63, 3.8) is 0 Å². The number of aromatic nitrogens is 4. The normalized spacial score (nSPS) is 16.3. The molecule has 0 radical (unpaired) electrons. The number of nitrogens with zero attached hydrogens (tertiary/aromatic N) is 4. The Labute approximate surface area is 154 Å². The Morgan fingerprint density at radius 3 is 2.67 bits per heavy atom. The zero-order valence-corrected chi connectivity index (χ0v) is 14.2. The SMILES string of the molecule is Fc1ccc(-c2noc(-c3cc4n(n3)CC(c3ccccc3)OC4)n2)cc1. The minimum Gasteiger partial charge on any atom is -0.365 e. The number of fused-ring (bicyclic) bond motifs is 1. The maximum Gasteiger partial charge on any atom is 0.278 e. The summed E-state index contributed by atoms with van der Waals surface area (Å²) in [7, 11) is 0. The molecule has 1 unspecified atom stereocenters. The summed E-state index contributed by atoms with van der Waals surface area (Å²) in [6, 6.07) is 17.9. The number of hydrogen-bond donors (Lipinski definition) is 0. The number of ether oxygens (including phenoxy) is 1. The summed E-state index contributed by atoms with van der Waals surface area (Å²) in [6.07, 6.45) is -0.0380. The van der Waals surface area contributed by atoms with E-state index in [1.165, 1.54) is 12.1 Å². The van der Waals surface area contributed by atoms with Gasteiger partial charge >= 0.3 is 0 Å². The maximum absolute atomic E-state index is 13.1. The van der Waals surface area contributed by atoms with Crippen molar-refractivity contribution in [1.29, 1.82) is 0 Å². The van der Waals surface area contributed by atoms with Gasteiger partial charge in [-0.25, -0.2) is 4.39 Å². The summed E-state index contributed by atoms with van der Waals surface area (Å²) in [5, 5.41) is 8.57. The fourth-order valence-corrected chi connectivity index (χ4v) is 3.14.